The van der Waals surface area contributed by atoms with E-state index in [0.29, 0.717) is 11.4 Å². The highest BCUT2D eigenvalue weighted by Crippen LogP contribution is 2.48. The molecule has 1 aromatic carbocycles. The lowest BCUT2D eigenvalue weighted by Crippen LogP contribution is -2.36. The van der Waals surface area contributed by atoms with E-state index in [4.69, 9.17) is 11.6 Å². The van der Waals surface area contributed by atoms with Crippen molar-refractivity contribution in [3.63, 3.8) is 0 Å². The molecule has 0 heterocycles. The molecule has 4 unspecified atom stereocenters. The number of carboxylic acid groups (broad SMARTS) is 1. The number of allylic oxidation sites excluding steroid dienone is 2. The van der Waals surface area contributed by atoms with E-state index in [1.165, 1.54) is 19.2 Å². The number of halogens is 1. The number of hydrogen-bond acceptors (Lipinski definition) is 3. The van der Waals surface area contributed by atoms with Crippen molar-refractivity contribution in [2.24, 2.45) is 23.7 Å². The average molecular weight is 349 g/mol. The number of fused-ring (bicyclic) bond motifs is 2. The van der Waals surface area contributed by atoms with Crippen molar-refractivity contribution in [3.05, 3.63) is 40.9 Å². The Morgan fingerprint density at radius 3 is 2.46 bits per heavy atom. The number of rotatable bonds is 4. The Morgan fingerprint density at radius 2 is 1.83 bits per heavy atom. The van der Waals surface area contributed by atoms with Crippen molar-refractivity contribution < 1.29 is 19.5 Å². The molecule has 2 aliphatic rings. The van der Waals surface area contributed by atoms with E-state index < -0.39 is 23.7 Å². The summed E-state index contributed by atoms with van der Waals surface area (Å²) in [6, 6.07) is 4.57. The fraction of sp³-hybridized carbons (Fsp3) is 0.353. The van der Waals surface area contributed by atoms with Gasteiger partial charge in [-0.3, -0.25) is 14.4 Å². The molecule has 6 nitrogen and oxygen atoms in total. The zero-order valence-corrected chi connectivity index (χ0v) is 13.7. The minimum absolute atomic E-state index is 0.0845. The molecule has 0 radical (unpaired) electrons. The van der Waals surface area contributed by atoms with Crippen molar-refractivity contribution in [2.45, 2.75) is 6.42 Å². The Labute approximate surface area is 143 Å². The van der Waals surface area contributed by atoms with Gasteiger partial charge < -0.3 is 15.7 Å². The average Bonchev–Trinajstić information content (AvgIpc) is 3.15. The van der Waals surface area contributed by atoms with E-state index in [-0.39, 0.29) is 29.0 Å². The fourth-order valence-corrected chi connectivity index (χ4v) is 3.86. The second-order valence-corrected chi connectivity index (χ2v) is 6.53. The van der Waals surface area contributed by atoms with Crippen molar-refractivity contribution in [1.82, 2.24) is 5.32 Å². The zero-order chi connectivity index (χ0) is 17.4. The van der Waals surface area contributed by atoms with Crippen LogP contribution in [-0.4, -0.2) is 29.9 Å². The third-order valence-electron chi connectivity index (χ3n) is 4.76. The molecule has 1 aromatic rings. The summed E-state index contributed by atoms with van der Waals surface area (Å²) in [5.74, 6) is -3.29. The van der Waals surface area contributed by atoms with Gasteiger partial charge in [-0.05, 0) is 36.5 Å². The molecule has 4 atom stereocenters. The van der Waals surface area contributed by atoms with E-state index in [1.807, 2.05) is 12.2 Å². The number of carboxylic acids is 1. The molecule has 3 N–H and O–H groups in total. The zero-order valence-electron chi connectivity index (χ0n) is 13.0. The highest BCUT2D eigenvalue weighted by atomic mass is 35.5. The third kappa shape index (κ3) is 2.78. The fourth-order valence-electron chi connectivity index (χ4n) is 3.68. The van der Waals surface area contributed by atoms with E-state index in [1.54, 1.807) is 6.07 Å². The second kappa shape index (κ2) is 6.28. The summed E-state index contributed by atoms with van der Waals surface area (Å²) in [7, 11) is 1.49. The first-order chi connectivity index (χ1) is 11.4. The summed E-state index contributed by atoms with van der Waals surface area (Å²) in [5, 5.41) is 15.0. The summed E-state index contributed by atoms with van der Waals surface area (Å²) in [5.41, 5.74) is 0.559. The number of amides is 2. The summed E-state index contributed by atoms with van der Waals surface area (Å²) < 4.78 is 0. The highest BCUT2D eigenvalue weighted by molar-refractivity contribution is 6.31. The first-order valence-corrected chi connectivity index (χ1v) is 8.03. The lowest BCUT2D eigenvalue weighted by Gasteiger charge is -2.24. The van der Waals surface area contributed by atoms with Gasteiger partial charge >= 0.3 is 5.97 Å². The molecule has 1 fully saturated rings. The van der Waals surface area contributed by atoms with Gasteiger partial charge in [0.15, 0.2) is 0 Å². The van der Waals surface area contributed by atoms with Crippen molar-refractivity contribution in [1.29, 1.82) is 0 Å². The van der Waals surface area contributed by atoms with Gasteiger partial charge in [-0.15, -0.1) is 0 Å². The maximum atomic E-state index is 12.7. The van der Waals surface area contributed by atoms with Crippen molar-refractivity contribution >= 4 is 35.1 Å². The Balaban J connectivity index is 1.88. The van der Waals surface area contributed by atoms with Crippen LogP contribution in [0.25, 0.3) is 0 Å². The van der Waals surface area contributed by atoms with Crippen LogP contribution in [0.3, 0.4) is 0 Å². The molecule has 2 bridgehead atoms. The third-order valence-corrected chi connectivity index (χ3v) is 4.99. The summed E-state index contributed by atoms with van der Waals surface area (Å²) in [4.78, 5) is 36.2. The molecular formula is C17H17ClN2O4. The smallest absolute Gasteiger partial charge is 0.307 e. The normalized spacial score (nSPS) is 27.1. The first-order valence-electron chi connectivity index (χ1n) is 7.66. The Hall–Kier alpha value is -2.34. The van der Waals surface area contributed by atoms with Crippen LogP contribution in [0.4, 0.5) is 5.69 Å². The molecule has 0 saturated heterocycles. The number of carbonyl (C=O) groups excluding carboxylic acids is 2. The van der Waals surface area contributed by atoms with Crippen molar-refractivity contribution in [3.8, 4) is 0 Å². The molecule has 0 aliphatic heterocycles. The molecule has 0 spiro atoms. The number of benzene rings is 1. The number of anilines is 1. The largest absolute Gasteiger partial charge is 0.481 e. The monoisotopic (exact) mass is 348 g/mol. The van der Waals surface area contributed by atoms with E-state index in [2.05, 4.69) is 10.6 Å². The number of aliphatic carboxylic acids is 1. The van der Waals surface area contributed by atoms with Crippen LogP contribution in [-0.2, 0) is 9.59 Å². The Morgan fingerprint density at radius 1 is 1.17 bits per heavy atom. The van der Waals surface area contributed by atoms with Crippen LogP contribution in [0, 0.1) is 23.7 Å². The van der Waals surface area contributed by atoms with Crippen LogP contribution < -0.4 is 10.6 Å². The van der Waals surface area contributed by atoms with E-state index >= 15 is 0 Å². The van der Waals surface area contributed by atoms with Gasteiger partial charge in [0.2, 0.25) is 5.91 Å². The maximum absolute atomic E-state index is 12.7. The van der Waals surface area contributed by atoms with Gasteiger partial charge in [0.05, 0.1) is 23.1 Å². The number of carbonyl (C=O) groups is 3. The standard InChI is InChI=1S/C17H17ClN2O4/c1-19-15(21)11-5-4-10(18)7-12(11)20-16(22)13-8-2-3-9(6-8)14(13)17(23)24/h2-5,7-9,13-14H,6H2,1H3,(H,19,21)(H,20,22)(H,23,24). The van der Waals surface area contributed by atoms with Gasteiger partial charge in [0.1, 0.15) is 0 Å². The first kappa shape index (κ1) is 16.5. The van der Waals surface area contributed by atoms with Gasteiger partial charge in [0.25, 0.3) is 5.91 Å². The minimum atomic E-state index is -0.968. The van der Waals surface area contributed by atoms with Crippen LogP contribution in [0.15, 0.2) is 30.4 Å². The minimum Gasteiger partial charge on any atom is -0.481 e. The predicted octanol–water partition coefficient (Wildman–Crippen LogP) is 2.16. The maximum Gasteiger partial charge on any atom is 0.307 e. The van der Waals surface area contributed by atoms with E-state index in [9.17, 15) is 19.5 Å². The lowest BCUT2D eigenvalue weighted by molar-refractivity contribution is -0.146. The van der Waals surface area contributed by atoms with Gasteiger partial charge in [0, 0.05) is 12.1 Å². The number of nitrogens with one attached hydrogen (secondary N) is 2. The molecule has 1 saturated carbocycles. The lowest BCUT2D eigenvalue weighted by atomic mass is 9.82. The van der Waals surface area contributed by atoms with Crippen LogP contribution in [0.2, 0.25) is 5.02 Å². The molecule has 0 aromatic heterocycles. The molecule has 126 valence electrons. The van der Waals surface area contributed by atoms with Gasteiger partial charge in [-0.2, -0.15) is 0 Å². The number of hydrogen-bond donors (Lipinski definition) is 3. The Kier molecular flexibility index (Phi) is 4.32. The van der Waals surface area contributed by atoms with Crippen LogP contribution >= 0.6 is 11.6 Å². The second-order valence-electron chi connectivity index (χ2n) is 6.10. The predicted molar refractivity (Wildman–Crippen MR) is 88.8 cm³/mol. The quantitative estimate of drug-likeness (QED) is 0.726. The SMILES string of the molecule is CNC(=O)c1ccc(Cl)cc1NC(=O)C1C2C=CC(C2)C1C(=O)O. The van der Waals surface area contributed by atoms with Crippen LogP contribution in [0.5, 0.6) is 0 Å². The van der Waals surface area contributed by atoms with Crippen LogP contribution in [0.1, 0.15) is 16.8 Å². The summed E-state index contributed by atoms with van der Waals surface area (Å²) >= 11 is 5.96. The van der Waals surface area contributed by atoms with E-state index in [0.717, 1.165) is 0 Å². The molecular weight excluding hydrogens is 332 g/mol. The van der Waals surface area contributed by atoms with Gasteiger partial charge in [-0.1, -0.05) is 23.8 Å². The van der Waals surface area contributed by atoms with Gasteiger partial charge in [-0.25, -0.2) is 0 Å². The Bertz CT molecular complexity index is 746. The molecule has 2 aliphatic carbocycles. The molecule has 24 heavy (non-hydrogen) atoms. The highest BCUT2D eigenvalue weighted by Gasteiger charge is 2.51. The molecule has 7 heteroatoms. The molecule has 2 amide bonds. The van der Waals surface area contributed by atoms with Crippen molar-refractivity contribution in [2.75, 3.05) is 12.4 Å². The summed E-state index contributed by atoms with van der Waals surface area (Å²) in [6.45, 7) is 0. The summed E-state index contributed by atoms with van der Waals surface area (Å²) in [6.07, 6.45) is 4.46. The topological polar surface area (TPSA) is 95.5 Å². The molecule has 3 rings (SSSR count).